The lowest BCUT2D eigenvalue weighted by Crippen LogP contribution is -2.33. The normalized spacial score (nSPS) is 8.14. The predicted octanol–water partition coefficient (Wildman–Crippen LogP) is -0.144. The second-order valence-electron chi connectivity index (χ2n) is 3.30. The third-order valence-corrected chi connectivity index (χ3v) is 1.21. The van der Waals surface area contributed by atoms with Crippen LogP contribution in [0.4, 0.5) is 9.59 Å². The number of hydrogen-bond acceptors (Lipinski definition) is 2. The molecule has 0 aliphatic rings. The van der Waals surface area contributed by atoms with Gasteiger partial charge in [-0.2, -0.15) is 0 Å². The number of rotatable bonds is 0. The third kappa shape index (κ3) is 8.63. The van der Waals surface area contributed by atoms with Crippen molar-refractivity contribution in [3.8, 4) is 0 Å². The van der Waals surface area contributed by atoms with Crippen molar-refractivity contribution in [1.82, 2.24) is 14.7 Å². The van der Waals surface area contributed by atoms with E-state index in [-0.39, 0.29) is 6.03 Å². The highest BCUT2D eigenvalue weighted by Gasteiger charge is 2.02. The Morgan fingerprint density at radius 1 is 0.786 bits per heavy atom. The monoisotopic (exact) mass is 204 g/mol. The summed E-state index contributed by atoms with van der Waals surface area (Å²) in [5.74, 6) is 0. The van der Waals surface area contributed by atoms with Gasteiger partial charge in [-0.3, -0.25) is 0 Å². The number of hydrogen-bond donors (Lipinski definition) is 1. The van der Waals surface area contributed by atoms with Gasteiger partial charge in [-0.1, -0.05) is 0 Å². The Labute approximate surface area is 85.2 Å². The lowest BCUT2D eigenvalue weighted by atomic mass is 10.7. The molecule has 0 saturated heterocycles. The first kappa shape index (κ1) is 15.0. The van der Waals surface area contributed by atoms with Gasteiger partial charge in [-0.25, -0.2) is 9.59 Å². The fourth-order valence-electron chi connectivity index (χ4n) is 0.400. The fourth-order valence-corrected chi connectivity index (χ4v) is 0.400. The van der Waals surface area contributed by atoms with Crippen molar-refractivity contribution >= 4 is 12.1 Å². The lowest BCUT2D eigenvalue weighted by molar-refractivity contribution is 0.191. The predicted molar refractivity (Wildman–Crippen MR) is 56.0 cm³/mol. The van der Waals surface area contributed by atoms with E-state index in [0.29, 0.717) is 0 Å². The average molecular weight is 204 g/mol. The molecule has 0 unspecified atom stereocenters. The van der Waals surface area contributed by atoms with Gasteiger partial charge in [-0.05, 0) is 0 Å². The van der Waals surface area contributed by atoms with E-state index >= 15 is 0 Å². The molecule has 0 rings (SSSR count). The quantitative estimate of drug-likeness (QED) is 0.596. The highest BCUT2D eigenvalue weighted by molar-refractivity contribution is 5.73. The minimum atomic E-state index is -0.407. The Morgan fingerprint density at radius 3 is 1.00 bits per heavy atom. The zero-order valence-electron chi connectivity index (χ0n) is 9.74. The SMILES string of the molecule is CN(C)C(=O)N(C)C.CN(C)C(N)=O. The number of carbonyl (C=O) groups is 2. The molecule has 0 fully saturated rings. The molecule has 0 radical (unpaired) electrons. The Bertz CT molecular complexity index is 180. The summed E-state index contributed by atoms with van der Waals surface area (Å²) in [4.78, 5) is 24.9. The minimum absolute atomic E-state index is 0.0185. The first-order valence-electron chi connectivity index (χ1n) is 4.05. The molecule has 0 aliphatic heterocycles. The molecule has 6 nitrogen and oxygen atoms in total. The summed E-state index contributed by atoms with van der Waals surface area (Å²) in [5, 5.41) is 0. The Morgan fingerprint density at radius 2 is 1.00 bits per heavy atom. The van der Waals surface area contributed by atoms with Gasteiger partial charge in [0.15, 0.2) is 0 Å². The molecule has 0 aromatic rings. The molecular formula is C8H20N4O2. The summed E-state index contributed by atoms with van der Waals surface area (Å²) >= 11 is 0. The van der Waals surface area contributed by atoms with Crippen molar-refractivity contribution in [3.05, 3.63) is 0 Å². The summed E-state index contributed by atoms with van der Waals surface area (Å²) in [6.45, 7) is 0. The van der Waals surface area contributed by atoms with E-state index in [0.717, 1.165) is 0 Å². The van der Waals surface area contributed by atoms with Gasteiger partial charge in [0.05, 0.1) is 0 Å². The number of nitrogens with two attached hydrogens (primary N) is 1. The maximum absolute atomic E-state index is 10.7. The molecule has 6 heteroatoms. The maximum atomic E-state index is 10.7. The minimum Gasteiger partial charge on any atom is -0.352 e. The van der Waals surface area contributed by atoms with Crippen LogP contribution in [0.15, 0.2) is 0 Å². The Hall–Kier alpha value is -1.46. The van der Waals surface area contributed by atoms with Crippen molar-refractivity contribution in [2.75, 3.05) is 42.3 Å². The fraction of sp³-hybridized carbons (Fsp3) is 0.750. The number of primary amides is 1. The van der Waals surface area contributed by atoms with E-state index in [9.17, 15) is 9.59 Å². The van der Waals surface area contributed by atoms with Crippen molar-refractivity contribution in [2.45, 2.75) is 0 Å². The molecule has 0 aliphatic carbocycles. The first-order valence-corrected chi connectivity index (χ1v) is 4.05. The number of amides is 4. The smallest absolute Gasteiger partial charge is 0.318 e. The van der Waals surface area contributed by atoms with E-state index in [2.05, 4.69) is 0 Å². The zero-order chi connectivity index (χ0) is 11.9. The van der Waals surface area contributed by atoms with Crippen LogP contribution in [0, 0.1) is 0 Å². The van der Waals surface area contributed by atoms with Gasteiger partial charge in [0.1, 0.15) is 0 Å². The van der Waals surface area contributed by atoms with Crippen LogP contribution < -0.4 is 5.73 Å². The summed E-state index contributed by atoms with van der Waals surface area (Å²) in [7, 11) is 10.1. The van der Waals surface area contributed by atoms with Crippen LogP contribution in [-0.4, -0.2) is 69.0 Å². The Kier molecular flexibility index (Phi) is 7.51. The lowest BCUT2D eigenvalue weighted by Gasteiger charge is -2.16. The standard InChI is InChI=1S/C5H12N2O.C3H8N2O/c1-6(2)5(8)7(3)4;1-5(2)3(4)6/h1-4H3;1-2H3,(H2,4,6). The van der Waals surface area contributed by atoms with Crippen LogP contribution in [0.5, 0.6) is 0 Å². The van der Waals surface area contributed by atoms with Crippen molar-refractivity contribution in [1.29, 1.82) is 0 Å². The van der Waals surface area contributed by atoms with Gasteiger partial charge in [0, 0.05) is 42.3 Å². The first-order chi connectivity index (χ1) is 6.20. The number of nitrogens with zero attached hydrogens (tertiary/aromatic N) is 3. The largest absolute Gasteiger partial charge is 0.352 e. The van der Waals surface area contributed by atoms with E-state index in [1.165, 1.54) is 14.7 Å². The van der Waals surface area contributed by atoms with Gasteiger partial charge in [-0.15, -0.1) is 0 Å². The van der Waals surface area contributed by atoms with Gasteiger partial charge >= 0.3 is 12.1 Å². The molecule has 0 atom stereocenters. The third-order valence-electron chi connectivity index (χ3n) is 1.21. The number of urea groups is 2. The van der Waals surface area contributed by atoms with E-state index in [1.54, 1.807) is 42.3 Å². The molecule has 2 N–H and O–H groups in total. The summed E-state index contributed by atoms with van der Waals surface area (Å²) in [6, 6.07) is -0.389. The molecule has 84 valence electrons. The van der Waals surface area contributed by atoms with Crippen molar-refractivity contribution in [3.63, 3.8) is 0 Å². The second-order valence-corrected chi connectivity index (χ2v) is 3.30. The van der Waals surface area contributed by atoms with Gasteiger partial charge in [0.2, 0.25) is 0 Å². The molecule has 0 bridgehead atoms. The maximum Gasteiger partial charge on any atom is 0.318 e. The molecular weight excluding hydrogens is 184 g/mol. The molecule has 0 aromatic heterocycles. The second kappa shape index (κ2) is 6.99. The van der Waals surface area contributed by atoms with Crippen molar-refractivity contribution in [2.24, 2.45) is 5.73 Å². The molecule has 0 aromatic carbocycles. The van der Waals surface area contributed by atoms with E-state index in [1.807, 2.05) is 0 Å². The van der Waals surface area contributed by atoms with E-state index in [4.69, 9.17) is 5.73 Å². The van der Waals surface area contributed by atoms with Crippen LogP contribution in [0.25, 0.3) is 0 Å². The molecule has 0 spiro atoms. The van der Waals surface area contributed by atoms with Crippen LogP contribution in [0.3, 0.4) is 0 Å². The zero-order valence-corrected chi connectivity index (χ0v) is 9.74. The van der Waals surface area contributed by atoms with Crippen LogP contribution in [-0.2, 0) is 0 Å². The van der Waals surface area contributed by atoms with Crippen molar-refractivity contribution < 1.29 is 9.59 Å². The van der Waals surface area contributed by atoms with Gasteiger partial charge in [0.25, 0.3) is 0 Å². The average Bonchev–Trinajstić information content (AvgIpc) is 2.03. The summed E-state index contributed by atoms with van der Waals surface area (Å²) in [5.41, 5.74) is 4.72. The Balaban J connectivity index is 0. The van der Waals surface area contributed by atoms with E-state index < -0.39 is 6.03 Å². The van der Waals surface area contributed by atoms with Gasteiger partial charge < -0.3 is 20.4 Å². The highest BCUT2D eigenvalue weighted by atomic mass is 16.2. The highest BCUT2D eigenvalue weighted by Crippen LogP contribution is 1.83. The summed E-state index contributed by atoms with van der Waals surface area (Å²) < 4.78 is 0. The molecule has 4 amide bonds. The molecule has 0 heterocycles. The molecule has 14 heavy (non-hydrogen) atoms. The topological polar surface area (TPSA) is 69.9 Å². The molecule has 0 saturated carbocycles. The number of carbonyl (C=O) groups excluding carboxylic acids is 2. The van der Waals surface area contributed by atoms with Crippen LogP contribution in [0.1, 0.15) is 0 Å². The summed E-state index contributed by atoms with van der Waals surface area (Å²) in [6.07, 6.45) is 0. The van der Waals surface area contributed by atoms with Crippen LogP contribution >= 0.6 is 0 Å². The van der Waals surface area contributed by atoms with Crippen LogP contribution in [0.2, 0.25) is 0 Å².